The van der Waals surface area contributed by atoms with Crippen LogP contribution in [0.2, 0.25) is 5.15 Å². The summed E-state index contributed by atoms with van der Waals surface area (Å²) >= 11 is 5.98. The van der Waals surface area contributed by atoms with Crippen molar-refractivity contribution in [2.45, 2.75) is 32.7 Å². The number of carbonyl (C=O) groups excluding carboxylic acids is 1. The third kappa shape index (κ3) is 5.62. The average molecular weight is 533 g/mol. The lowest BCUT2D eigenvalue weighted by molar-refractivity contribution is 0.0977. The summed E-state index contributed by atoms with van der Waals surface area (Å²) < 4.78 is 26.7. The lowest BCUT2D eigenvalue weighted by Gasteiger charge is -2.23. The fourth-order valence-electron chi connectivity index (χ4n) is 4.23. The van der Waals surface area contributed by atoms with Crippen LogP contribution in [-0.4, -0.2) is 48.7 Å². The fourth-order valence-corrected chi connectivity index (χ4v) is 4.82. The molecule has 0 spiro atoms. The van der Waals surface area contributed by atoms with Crippen LogP contribution in [0, 0.1) is 12.8 Å². The molecule has 2 aromatic heterocycles. The van der Waals surface area contributed by atoms with E-state index in [1.807, 2.05) is 42.6 Å². The molecular formula is C24H29ClN6O4S. The van der Waals surface area contributed by atoms with Gasteiger partial charge in [0.15, 0.2) is 5.69 Å². The van der Waals surface area contributed by atoms with Crippen molar-refractivity contribution in [2.75, 3.05) is 30.1 Å². The van der Waals surface area contributed by atoms with Crippen molar-refractivity contribution in [3.05, 3.63) is 56.6 Å². The van der Waals surface area contributed by atoms with Crippen LogP contribution in [-0.2, 0) is 17.1 Å². The lowest BCUT2D eigenvalue weighted by Crippen LogP contribution is -2.31. The molecule has 36 heavy (non-hydrogen) atoms. The molecule has 2 N–H and O–H groups in total. The molecule has 4 rings (SSSR count). The Hall–Kier alpha value is -3.18. The number of sulfonamides is 1. The van der Waals surface area contributed by atoms with Crippen molar-refractivity contribution in [3.63, 3.8) is 0 Å². The fraction of sp³-hybridized carbons (Fsp3) is 0.417. The SMILES string of the molecule is Cc1cc([C@@H](C)Nc2ccc(Cl)nc2C(=O)NS(C)(=O)=O)c2nc(N(C)CC3CC3)n(C)c(=O)c2c1. The summed E-state index contributed by atoms with van der Waals surface area (Å²) in [4.78, 5) is 36.8. The zero-order valence-electron chi connectivity index (χ0n) is 20.8. The molecule has 0 bridgehead atoms. The van der Waals surface area contributed by atoms with Gasteiger partial charge in [-0.2, -0.15) is 0 Å². The van der Waals surface area contributed by atoms with E-state index < -0.39 is 22.0 Å². The van der Waals surface area contributed by atoms with E-state index in [2.05, 4.69) is 10.3 Å². The summed E-state index contributed by atoms with van der Waals surface area (Å²) in [6.45, 7) is 4.60. The molecule has 0 unspecified atom stereocenters. The second-order valence-corrected chi connectivity index (χ2v) is 11.6. The standard InChI is InChI=1S/C24H29ClN6O4S/c1-13-10-16(14(2)26-18-8-9-19(25)27-21(18)22(32)29-36(5,34)35)20-17(11-13)23(33)31(4)24(28-20)30(3)12-15-6-7-15/h8-11,14-15,26H,6-7,12H2,1-5H3,(H,29,32)/t14-/m1/s1. The van der Waals surface area contributed by atoms with Gasteiger partial charge in [0.2, 0.25) is 16.0 Å². The molecule has 1 fully saturated rings. The third-order valence-corrected chi connectivity index (χ3v) is 6.86. The van der Waals surface area contributed by atoms with Crippen molar-refractivity contribution >= 4 is 50.1 Å². The van der Waals surface area contributed by atoms with E-state index in [-0.39, 0.29) is 22.1 Å². The Morgan fingerprint density at radius 3 is 2.61 bits per heavy atom. The van der Waals surface area contributed by atoms with Gasteiger partial charge in [0, 0.05) is 26.2 Å². The normalized spacial score (nSPS) is 14.5. The molecule has 0 saturated heterocycles. The van der Waals surface area contributed by atoms with E-state index in [0.29, 0.717) is 22.8 Å². The summed E-state index contributed by atoms with van der Waals surface area (Å²) in [5.41, 5.74) is 2.19. The van der Waals surface area contributed by atoms with Crippen molar-refractivity contribution in [3.8, 4) is 0 Å². The zero-order valence-corrected chi connectivity index (χ0v) is 22.4. The Balaban J connectivity index is 1.77. The number of halogens is 1. The molecule has 10 nitrogen and oxygen atoms in total. The summed E-state index contributed by atoms with van der Waals surface area (Å²) in [5, 5.41) is 3.76. The van der Waals surface area contributed by atoms with Crippen molar-refractivity contribution in [2.24, 2.45) is 13.0 Å². The lowest BCUT2D eigenvalue weighted by atomic mass is 10.0. The van der Waals surface area contributed by atoms with E-state index in [1.54, 1.807) is 17.7 Å². The van der Waals surface area contributed by atoms with Crippen LogP contribution in [0.25, 0.3) is 10.9 Å². The molecule has 12 heteroatoms. The number of aryl methyl sites for hydroxylation is 1. The van der Waals surface area contributed by atoms with E-state index in [4.69, 9.17) is 16.6 Å². The van der Waals surface area contributed by atoms with Gasteiger partial charge in [-0.25, -0.2) is 23.1 Å². The molecule has 2 heterocycles. The van der Waals surface area contributed by atoms with Crippen LogP contribution >= 0.6 is 11.6 Å². The number of rotatable bonds is 8. The van der Waals surface area contributed by atoms with Crippen LogP contribution in [0.5, 0.6) is 0 Å². The van der Waals surface area contributed by atoms with Gasteiger partial charge >= 0.3 is 0 Å². The van der Waals surface area contributed by atoms with Gasteiger partial charge in [0.05, 0.1) is 28.9 Å². The minimum atomic E-state index is -3.80. The molecule has 1 saturated carbocycles. The monoisotopic (exact) mass is 532 g/mol. The molecule has 0 radical (unpaired) electrons. The summed E-state index contributed by atoms with van der Waals surface area (Å²) in [5.74, 6) is 0.299. The van der Waals surface area contributed by atoms with Crippen LogP contribution in [0.4, 0.5) is 11.6 Å². The topological polar surface area (TPSA) is 126 Å². The second kappa shape index (κ2) is 9.70. The van der Waals surface area contributed by atoms with Gasteiger partial charge in [-0.1, -0.05) is 17.7 Å². The Bertz CT molecular complexity index is 1520. The number of amides is 1. The first-order valence-corrected chi connectivity index (χ1v) is 13.8. The van der Waals surface area contributed by atoms with Crippen molar-refractivity contribution in [1.29, 1.82) is 0 Å². The highest BCUT2D eigenvalue weighted by Crippen LogP contribution is 2.32. The number of anilines is 2. The minimum Gasteiger partial charge on any atom is -0.377 e. The first-order chi connectivity index (χ1) is 16.8. The highest BCUT2D eigenvalue weighted by atomic mass is 35.5. The number of pyridine rings is 1. The third-order valence-electron chi connectivity index (χ3n) is 6.09. The van der Waals surface area contributed by atoms with E-state index in [1.165, 1.54) is 18.9 Å². The number of benzene rings is 1. The van der Waals surface area contributed by atoms with Gasteiger partial charge in [-0.05, 0) is 56.4 Å². The first-order valence-electron chi connectivity index (χ1n) is 11.5. The quantitative estimate of drug-likeness (QED) is 0.424. The van der Waals surface area contributed by atoms with Crippen LogP contribution in [0.15, 0.2) is 29.1 Å². The number of nitrogens with one attached hydrogen (secondary N) is 2. The molecule has 0 aliphatic heterocycles. The Morgan fingerprint density at radius 2 is 1.97 bits per heavy atom. The Morgan fingerprint density at radius 1 is 1.28 bits per heavy atom. The molecular weight excluding hydrogens is 504 g/mol. The maximum Gasteiger partial charge on any atom is 0.285 e. The number of hydrogen-bond acceptors (Lipinski definition) is 8. The molecule has 3 aromatic rings. The number of aromatic nitrogens is 3. The van der Waals surface area contributed by atoms with Gasteiger partial charge < -0.3 is 10.2 Å². The first kappa shape index (κ1) is 25.9. The van der Waals surface area contributed by atoms with E-state index in [9.17, 15) is 18.0 Å². The predicted octanol–water partition coefficient (Wildman–Crippen LogP) is 3.00. The van der Waals surface area contributed by atoms with Crippen LogP contribution < -0.4 is 20.5 Å². The Kier molecular flexibility index (Phi) is 6.98. The van der Waals surface area contributed by atoms with Gasteiger partial charge in [-0.3, -0.25) is 14.2 Å². The molecule has 1 aliphatic carbocycles. The molecule has 1 aromatic carbocycles. The van der Waals surface area contributed by atoms with Gasteiger partial charge in [0.25, 0.3) is 11.5 Å². The zero-order chi connectivity index (χ0) is 26.4. The molecule has 192 valence electrons. The van der Waals surface area contributed by atoms with Crippen molar-refractivity contribution < 1.29 is 13.2 Å². The van der Waals surface area contributed by atoms with Crippen LogP contribution in [0.3, 0.4) is 0 Å². The largest absolute Gasteiger partial charge is 0.377 e. The maximum atomic E-state index is 13.3. The number of hydrogen-bond donors (Lipinski definition) is 2. The molecule has 1 atom stereocenters. The summed E-state index contributed by atoms with van der Waals surface area (Å²) in [6.07, 6.45) is 3.25. The Labute approximate surface area is 214 Å². The number of carbonyl (C=O) groups is 1. The molecule has 1 amide bonds. The minimum absolute atomic E-state index is 0.0429. The van der Waals surface area contributed by atoms with E-state index >= 15 is 0 Å². The highest BCUT2D eigenvalue weighted by molar-refractivity contribution is 7.89. The highest BCUT2D eigenvalue weighted by Gasteiger charge is 2.26. The molecule has 1 aliphatic rings. The summed E-state index contributed by atoms with van der Waals surface area (Å²) in [6, 6.07) is 6.40. The summed E-state index contributed by atoms with van der Waals surface area (Å²) in [7, 11) is -0.141. The van der Waals surface area contributed by atoms with E-state index in [0.717, 1.165) is 23.9 Å². The number of nitrogens with zero attached hydrogens (tertiary/aromatic N) is 4. The van der Waals surface area contributed by atoms with Gasteiger partial charge in [-0.15, -0.1) is 0 Å². The average Bonchev–Trinajstić information content (AvgIpc) is 3.59. The number of fused-ring (bicyclic) bond motifs is 1. The van der Waals surface area contributed by atoms with Crippen molar-refractivity contribution in [1.82, 2.24) is 19.3 Å². The van der Waals surface area contributed by atoms with Crippen LogP contribution in [0.1, 0.15) is 47.4 Å². The second-order valence-electron chi connectivity index (χ2n) is 9.45. The smallest absolute Gasteiger partial charge is 0.285 e. The maximum absolute atomic E-state index is 13.3. The predicted molar refractivity (Wildman–Crippen MR) is 141 cm³/mol. The van der Waals surface area contributed by atoms with Gasteiger partial charge in [0.1, 0.15) is 5.15 Å².